The third-order valence-corrected chi connectivity index (χ3v) is 5.36. The SMILES string of the molecule is C[C@@]1(c2ccccc2)CC(=O)NC1=O.C[C@]1(c2ccccc2)CC(=O)NC1=O. The molecule has 2 fully saturated rings. The van der Waals surface area contributed by atoms with Crippen LogP contribution >= 0.6 is 0 Å². The molecule has 0 aliphatic carbocycles. The molecule has 2 aliphatic rings. The van der Waals surface area contributed by atoms with Crippen molar-refractivity contribution in [3.8, 4) is 0 Å². The Hall–Kier alpha value is -3.28. The molecule has 2 aliphatic heterocycles. The standard InChI is InChI=1S/2C11H11NO2/c2*1-11(7-9(13)12-10(11)14)8-5-3-2-4-6-8/h2*2-6H,7H2,1H3,(H,12,13,14)/t2*11-/m10/s1. The third kappa shape index (κ3) is 3.58. The largest absolute Gasteiger partial charge is 0.296 e. The highest BCUT2D eigenvalue weighted by molar-refractivity contribution is 6.09. The molecule has 6 heteroatoms. The zero-order valence-electron chi connectivity index (χ0n) is 15.8. The molecular formula is C22H22N2O4. The van der Waals surface area contributed by atoms with E-state index in [1.807, 2.05) is 60.7 Å². The van der Waals surface area contributed by atoms with Crippen LogP contribution in [0.5, 0.6) is 0 Å². The fourth-order valence-corrected chi connectivity index (χ4v) is 3.50. The van der Waals surface area contributed by atoms with Gasteiger partial charge in [-0.15, -0.1) is 0 Å². The predicted octanol–water partition coefficient (Wildman–Crippen LogP) is 1.98. The minimum atomic E-state index is -0.682. The van der Waals surface area contributed by atoms with Crippen molar-refractivity contribution < 1.29 is 19.2 Å². The first-order chi connectivity index (χ1) is 13.3. The summed E-state index contributed by atoms with van der Waals surface area (Å²) in [6.45, 7) is 3.59. The van der Waals surface area contributed by atoms with Crippen LogP contribution in [0.25, 0.3) is 0 Å². The normalized spacial score (nSPS) is 26.4. The summed E-state index contributed by atoms with van der Waals surface area (Å²) in [4.78, 5) is 45.4. The summed E-state index contributed by atoms with van der Waals surface area (Å²) >= 11 is 0. The van der Waals surface area contributed by atoms with E-state index in [1.165, 1.54) is 0 Å². The van der Waals surface area contributed by atoms with E-state index in [1.54, 1.807) is 13.8 Å². The lowest BCUT2D eigenvalue weighted by atomic mass is 9.81. The van der Waals surface area contributed by atoms with E-state index >= 15 is 0 Å². The molecule has 144 valence electrons. The maximum atomic E-state index is 11.6. The molecule has 2 saturated heterocycles. The van der Waals surface area contributed by atoms with Crippen LogP contribution in [-0.2, 0) is 30.0 Å². The average molecular weight is 378 g/mol. The molecule has 4 amide bonds. The maximum Gasteiger partial charge on any atom is 0.237 e. The second-order valence-corrected chi connectivity index (χ2v) is 7.50. The molecule has 2 aromatic rings. The van der Waals surface area contributed by atoms with E-state index in [0.717, 1.165) is 11.1 Å². The van der Waals surface area contributed by atoms with E-state index in [4.69, 9.17) is 0 Å². The summed E-state index contributed by atoms with van der Waals surface area (Å²) in [6, 6.07) is 18.8. The Kier molecular flexibility index (Phi) is 5.14. The van der Waals surface area contributed by atoms with Crippen LogP contribution in [0.15, 0.2) is 60.7 Å². The molecule has 2 N–H and O–H groups in total. The first kappa shape index (κ1) is 19.5. The lowest BCUT2D eigenvalue weighted by molar-refractivity contribution is -0.127. The van der Waals surface area contributed by atoms with Crippen LogP contribution in [0, 0.1) is 0 Å². The van der Waals surface area contributed by atoms with Gasteiger partial charge in [-0.2, -0.15) is 0 Å². The van der Waals surface area contributed by atoms with Crippen molar-refractivity contribution in [2.75, 3.05) is 0 Å². The van der Waals surface area contributed by atoms with Crippen molar-refractivity contribution in [1.29, 1.82) is 0 Å². The molecule has 0 unspecified atom stereocenters. The molecule has 0 aromatic heterocycles. The van der Waals surface area contributed by atoms with Crippen LogP contribution < -0.4 is 10.6 Å². The minimum Gasteiger partial charge on any atom is -0.296 e. The molecule has 2 atom stereocenters. The van der Waals surface area contributed by atoms with Crippen LogP contribution in [0.2, 0.25) is 0 Å². The van der Waals surface area contributed by atoms with Crippen LogP contribution in [0.4, 0.5) is 0 Å². The van der Waals surface area contributed by atoms with Gasteiger partial charge >= 0.3 is 0 Å². The highest BCUT2D eigenvalue weighted by Crippen LogP contribution is 2.32. The van der Waals surface area contributed by atoms with Crippen molar-refractivity contribution in [3.63, 3.8) is 0 Å². The monoisotopic (exact) mass is 378 g/mol. The van der Waals surface area contributed by atoms with Crippen molar-refractivity contribution in [1.82, 2.24) is 10.6 Å². The summed E-state index contributed by atoms with van der Waals surface area (Å²) < 4.78 is 0. The van der Waals surface area contributed by atoms with E-state index in [9.17, 15) is 19.2 Å². The number of amides is 4. The lowest BCUT2D eigenvalue weighted by Crippen LogP contribution is -2.32. The molecule has 2 aromatic carbocycles. The summed E-state index contributed by atoms with van der Waals surface area (Å²) in [5.41, 5.74) is 0.420. The van der Waals surface area contributed by atoms with Crippen LogP contribution in [0.1, 0.15) is 37.8 Å². The lowest BCUT2D eigenvalue weighted by Gasteiger charge is -2.19. The zero-order chi connectivity index (χ0) is 20.4. The Morgan fingerprint density at radius 3 is 1.18 bits per heavy atom. The van der Waals surface area contributed by atoms with Gasteiger partial charge in [0.25, 0.3) is 0 Å². The smallest absolute Gasteiger partial charge is 0.237 e. The van der Waals surface area contributed by atoms with Gasteiger partial charge in [0.15, 0.2) is 0 Å². The van der Waals surface area contributed by atoms with Crippen molar-refractivity contribution in [2.45, 2.75) is 37.5 Å². The van der Waals surface area contributed by atoms with Gasteiger partial charge in [0.05, 0.1) is 10.8 Å². The first-order valence-corrected chi connectivity index (χ1v) is 9.05. The molecule has 0 spiro atoms. The molecule has 0 bridgehead atoms. The molecule has 28 heavy (non-hydrogen) atoms. The van der Waals surface area contributed by atoms with Crippen molar-refractivity contribution in [2.24, 2.45) is 0 Å². The second kappa shape index (κ2) is 7.38. The average Bonchev–Trinajstić information content (AvgIpc) is 3.11. The second-order valence-electron chi connectivity index (χ2n) is 7.50. The Bertz CT molecular complexity index is 849. The van der Waals surface area contributed by atoms with E-state index in [2.05, 4.69) is 10.6 Å². The van der Waals surface area contributed by atoms with Crippen LogP contribution in [0.3, 0.4) is 0 Å². The highest BCUT2D eigenvalue weighted by Gasteiger charge is 2.44. The van der Waals surface area contributed by atoms with Gasteiger partial charge in [-0.05, 0) is 25.0 Å². The third-order valence-electron chi connectivity index (χ3n) is 5.36. The quantitative estimate of drug-likeness (QED) is 0.782. The summed E-state index contributed by atoms with van der Waals surface area (Å²) in [6.07, 6.45) is 0.492. The van der Waals surface area contributed by atoms with Gasteiger partial charge in [0.2, 0.25) is 23.6 Å². The molecule has 0 radical (unpaired) electrons. The number of imide groups is 2. The van der Waals surface area contributed by atoms with Gasteiger partial charge in [0, 0.05) is 12.8 Å². The van der Waals surface area contributed by atoms with Crippen LogP contribution in [-0.4, -0.2) is 23.6 Å². The summed E-state index contributed by atoms with van der Waals surface area (Å²) in [5.74, 6) is -0.787. The summed E-state index contributed by atoms with van der Waals surface area (Å²) in [7, 11) is 0. The highest BCUT2D eigenvalue weighted by atomic mass is 16.2. The molecule has 0 saturated carbocycles. The fourth-order valence-electron chi connectivity index (χ4n) is 3.50. The molecule has 6 nitrogen and oxygen atoms in total. The number of nitrogens with one attached hydrogen (secondary N) is 2. The Morgan fingerprint density at radius 1 is 0.607 bits per heavy atom. The Labute approximate surface area is 163 Å². The Morgan fingerprint density at radius 2 is 0.929 bits per heavy atom. The van der Waals surface area contributed by atoms with E-state index in [-0.39, 0.29) is 36.5 Å². The molecule has 2 heterocycles. The number of carbonyl (C=O) groups excluding carboxylic acids is 4. The van der Waals surface area contributed by atoms with Crippen molar-refractivity contribution >= 4 is 23.6 Å². The topological polar surface area (TPSA) is 92.3 Å². The van der Waals surface area contributed by atoms with Gasteiger partial charge in [0.1, 0.15) is 0 Å². The minimum absolute atomic E-state index is 0.193. The fraction of sp³-hybridized carbons (Fsp3) is 0.273. The van der Waals surface area contributed by atoms with Gasteiger partial charge in [-0.25, -0.2) is 0 Å². The molecule has 4 rings (SSSR count). The summed E-state index contributed by atoms with van der Waals surface area (Å²) in [5, 5.41) is 4.66. The zero-order valence-corrected chi connectivity index (χ0v) is 15.8. The number of rotatable bonds is 2. The van der Waals surface area contributed by atoms with E-state index < -0.39 is 10.8 Å². The van der Waals surface area contributed by atoms with Gasteiger partial charge < -0.3 is 0 Å². The van der Waals surface area contributed by atoms with Gasteiger partial charge in [-0.1, -0.05) is 60.7 Å². The molecular weight excluding hydrogens is 356 g/mol. The first-order valence-electron chi connectivity index (χ1n) is 9.05. The van der Waals surface area contributed by atoms with Crippen molar-refractivity contribution in [3.05, 3.63) is 71.8 Å². The number of hydrogen-bond donors (Lipinski definition) is 2. The van der Waals surface area contributed by atoms with Gasteiger partial charge in [-0.3, -0.25) is 29.8 Å². The van der Waals surface area contributed by atoms with E-state index in [0.29, 0.717) is 0 Å². The number of hydrogen-bond acceptors (Lipinski definition) is 4. The Balaban J connectivity index is 0.000000161. The predicted molar refractivity (Wildman–Crippen MR) is 103 cm³/mol. The maximum absolute atomic E-state index is 11.6. The number of carbonyl (C=O) groups is 4. The number of benzene rings is 2.